The molecule has 0 atom stereocenters. The Kier molecular flexibility index (Phi) is 8.06. The summed E-state index contributed by atoms with van der Waals surface area (Å²) in [6.07, 6.45) is 7.37. The fourth-order valence-corrected chi connectivity index (χ4v) is 7.04. The highest BCUT2D eigenvalue weighted by Crippen LogP contribution is 2.36. The molecule has 53 heavy (non-hydrogen) atoms. The summed E-state index contributed by atoms with van der Waals surface area (Å²) in [6.45, 7) is 20.2. The van der Waals surface area contributed by atoms with E-state index in [2.05, 4.69) is 173 Å². The van der Waals surface area contributed by atoms with Gasteiger partial charge in [0, 0.05) is 35.3 Å². The monoisotopic (exact) mass is 697 g/mol. The molecule has 0 amide bonds. The first-order chi connectivity index (χ1) is 25.1. The zero-order chi connectivity index (χ0) is 37.3. The molecule has 4 heterocycles. The van der Waals surface area contributed by atoms with Crippen LogP contribution in [0.3, 0.4) is 0 Å². The fraction of sp³-hybridized carbons (Fsp3) is 0.255. The molecule has 0 N–H and O–H groups in total. The van der Waals surface area contributed by atoms with Gasteiger partial charge in [0.1, 0.15) is 17.3 Å². The number of imidazole rings is 1. The van der Waals surface area contributed by atoms with E-state index in [-0.39, 0.29) is 16.2 Å². The van der Waals surface area contributed by atoms with Crippen LogP contribution in [-0.2, 0) is 16.2 Å². The minimum atomic E-state index is -0.0245. The second kappa shape index (κ2) is 12.4. The van der Waals surface area contributed by atoms with Crippen LogP contribution in [0.5, 0.6) is 11.5 Å². The van der Waals surface area contributed by atoms with Crippen LogP contribution in [0.4, 0.5) is 0 Å². The highest BCUT2D eigenvalue weighted by atomic mass is 16.5. The van der Waals surface area contributed by atoms with E-state index in [9.17, 15) is 0 Å². The molecule has 0 aliphatic heterocycles. The predicted octanol–water partition coefficient (Wildman–Crippen LogP) is 11.3. The maximum absolute atomic E-state index is 6.64. The van der Waals surface area contributed by atoms with Gasteiger partial charge in [0.15, 0.2) is 5.82 Å². The van der Waals surface area contributed by atoms with E-state index in [0.29, 0.717) is 5.75 Å². The molecule has 266 valence electrons. The second-order valence-electron chi connectivity index (χ2n) is 17.2. The third kappa shape index (κ3) is 6.37. The minimum absolute atomic E-state index is 0.00368. The Morgan fingerprint density at radius 1 is 0.528 bits per heavy atom. The number of hydrogen-bond acceptors (Lipinski definition) is 3. The van der Waals surface area contributed by atoms with Crippen molar-refractivity contribution in [2.75, 3.05) is 0 Å². The molecule has 0 bridgehead atoms. The van der Waals surface area contributed by atoms with E-state index >= 15 is 0 Å². The van der Waals surface area contributed by atoms with E-state index in [0.717, 1.165) is 50.5 Å². The van der Waals surface area contributed by atoms with Gasteiger partial charge in [-0.3, -0.25) is 18.7 Å². The maximum atomic E-state index is 6.64. The van der Waals surface area contributed by atoms with Gasteiger partial charge in [0.25, 0.3) is 6.33 Å². The average molecular weight is 698 g/mol. The average Bonchev–Trinajstić information content (AvgIpc) is 3.66. The summed E-state index contributed by atoms with van der Waals surface area (Å²) in [5.41, 5.74) is 9.02. The van der Waals surface area contributed by atoms with Crippen molar-refractivity contribution < 1.29 is 9.30 Å². The Hall–Kier alpha value is -5.75. The molecule has 6 nitrogen and oxygen atoms in total. The fourth-order valence-electron chi connectivity index (χ4n) is 7.04. The normalized spacial score (nSPS) is 12.6. The van der Waals surface area contributed by atoms with Crippen LogP contribution in [0.25, 0.3) is 50.2 Å². The molecule has 8 aromatic rings. The molecular weight excluding hydrogens is 651 g/mol. The first-order valence-corrected chi connectivity index (χ1v) is 18.4. The minimum Gasteiger partial charge on any atom is -0.458 e. The lowest BCUT2D eigenvalue weighted by molar-refractivity contribution is -0.572. The van der Waals surface area contributed by atoms with Gasteiger partial charge >= 0.3 is 0 Å². The van der Waals surface area contributed by atoms with Crippen molar-refractivity contribution >= 4 is 32.8 Å². The SMILES string of the molecule is CC(C)(C)c1cccc(-[n+]2[c-]n(-c3cc(Oc4ccc5c6ccccc6n(-c6cc(C(C)(C)C)ccn6)c5c4)ccn3)c3cc(C(C)(C)C)ccc32)c1. The lowest BCUT2D eigenvalue weighted by Crippen LogP contribution is -2.30. The summed E-state index contributed by atoms with van der Waals surface area (Å²) in [6, 6.07) is 38.4. The Bertz CT molecular complexity index is 2660. The van der Waals surface area contributed by atoms with Crippen LogP contribution < -0.4 is 9.30 Å². The molecule has 0 fully saturated rings. The van der Waals surface area contributed by atoms with Crippen LogP contribution in [0.15, 0.2) is 122 Å². The van der Waals surface area contributed by atoms with E-state index in [4.69, 9.17) is 14.7 Å². The number of nitrogens with zero attached hydrogens (tertiary/aromatic N) is 5. The second-order valence-corrected chi connectivity index (χ2v) is 17.2. The van der Waals surface area contributed by atoms with Gasteiger partial charge in [-0.05, 0) is 87.5 Å². The number of rotatable bonds is 5. The van der Waals surface area contributed by atoms with Gasteiger partial charge in [0.2, 0.25) is 0 Å². The molecule has 0 unspecified atom stereocenters. The Labute approximate surface area is 312 Å². The van der Waals surface area contributed by atoms with Crippen molar-refractivity contribution in [2.24, 2.45) is 0 Å². The summed E-state index contributed by atoms with van der Waals surface area (Å²) in [7, 11) is 0. The van der Waals surface area contributed by atoms with Crippen molar-refractivity contribution in [3.8, 4) is 28.8 Å². The van der Waals surface area contributed by atoms with E-state index in [1.807, 2.05) is 24.4 Å². The third-order valence-electron chi connectivity index (χ3n) is 10.2. The standard InChI is InChI=1S/C47H47N5O/c1-45(2,3)31-13-12-14-34(25-31)50-30-51(42-26-32(46(4,5)6)17-20-40(42)50)43-29-36(22-24-48-43)53-35-18-19-38-37-15-10-11-16-39(37)52(41(38)28-35)44-27-33(21-23-49-44)47(7,8)9/h10-29H,1-9H3. The zero-order valence-corrected chi connectivity index (χ0v) is 32.2. The van der Waals surface area contributed by atoms with Crippen molar-refractivity contribution in [1.82, 2.24) is 19.1 Å². The van der Waals surface area contributed by atoms with Gasteiger partial charge in [-0.25, -0.2) is 4.98 Å². The summed E-state index contributed by atoms with van der Waals surface area (Å²) >= 11 is 0. The van der Waals surface area contributed by atoms with E-state index in [1.54, 1.807) is 6.20 Å². The number of ether oxygens (including phenoxy) is 1. The molecule has 6 heteroatoms. The van der Waals surface area contributed by atoms with E-state index in [1.165, 1.54) is 22.1 Å². The van der Waals surface area contributed by atoms with Gasteiger partial charge in [-0.1, -0.05) is 105 Å². The molecule has 4 aromatic carbocycles. The predicted molar refractivity (Wildman–Crippen MR) is 216 cm³/mol. The van der Waals surface area contributed by atoms with Gasteiger partial charge in [-0.15, -0.1) is 0 Å². The summed E-state index contributed by atoms with van der Waals surface area (Å²) in [4.78, 5) is 9.69. The van der Waals surface area contributed by atoms with Crippen molar-refractivity contribution in [3.63, 3.8) is 0 Å². The molecule has 0 radical (unpaired) electrons. The molecular formula is C47H47N5O. The van der Waals surface area contributed by atoms with Crippen molar-refractivity contribution in [1.29, 1.82) is 0 Å². The van der Waals surface area contributed by atoms with Gasteiger partial charge < -0.3 is 4.74 Å². The zero-order valence-electron chi connectivity index (χ0n) is 32.2. The van der Waals surface area contributed by atoms with Crippen molar-refractivity contribution in [2.45, 2.75) is 78.6 Å². The topological polar surface area (TPSA) is 48.8 Å². The highest BCUT2D eigenvalue weighted by molar-refractivity contribution is 6.09. The van der Waals surface area contributed by atoms with E-state index < -0.39 is 0 Å². The number of benzene rings is 4. The quantitative estimate of drug-likeness (QED) is 0.133. The number of pyridine rings is 2. The molecule has 0 saturated carbocycles. The van der Waals surface area contributed by atoms with Crippen LogP contribution >= 0.6 is 0 Å². The largest absolute Gasteiger partial charge is 0.458 e. The first-order valence-electron chi connectivity index (χ1n) is 18.4. The van der Waals surface area contributed by atoms with Gasteiger partial charge in [0.05, 0.1) is 27.8 Å². The Morgan fingerprint density at radius 2 is 1.19 bits per heavy atom. The molecule has 0 spiro atoms. The smallest absolute Gasteiger partial charge is 0.271 e. The maximum Gasteiger partial charge on any atom is 0.271 e. The molecule has 0 aliphatic rings. The van der Waals surface area contributed by atoms with Crippen LogP contribution in [-0.4, -0.2) is 19.1 Å². The molecule has 4 aromatic heterocycles. The Morgan fingerprint density at radius 3 is 1.96 bits per heavy atom. The number of para-hydroxylation sites is 1. The molecule has 0 saturated heterocycles. The Balaban J connectivity index is 1.23. The summed E-state index contributed by atoms with van der Waals surface area (Å²) < 4.78 is 13.1. The number of hydrogen-bond donors (Lipinski definition) is 0. The van der Waals surface area contributed by atoms with Crippen LogP contribution in [0, 0.1) is 6.33 Å². The van der Waals surface area contributed by atoms with Crippen molar-refractivity contribution in [3.05, 3.63) is 145 Å². The van der Waals surface area contributed by atoms with Crippen LogP contribution in [0.2, 0.25) is 0 Å². The highest BCUT2D eigenvalue weighted by Gasteiger charge is 2.22. The number of fused-ring (bicyclic) bond motifs is 4. The lowest BCUT2D eigenvalue weighted by atomic mass is 9.86. The third-order valence-corrected chi connectivity index (χ3v) is 10.2. The number of aromatic nitrogens is 5. The van der Waals surface area contributed by atoms with Gasteiger partial charge in [-0.2, -0.15) is 0 Å². The molecule has 8 rings (SSSR count). The summed E-state index contributed by atoms with van der Waals surface area (Å²) in [5, 5.41) is 2.32. The first kappa shape index (κ1) is 34.3. The van der Waals surface area contributed by atoms with Crippen LogP contribution in [0.1, 0.15) is 79.0 Å². The molecule has 0 aliphatic carbocycles. The summed E-state index contributed by atoms with van der Waals surface area (Å²) in [5.74, 6) is 3.03. The lowest BCUT2D eigenvalue weighted by Gasteiger charge is -2.20.